The van der Waals surface area contributed by atoms with Gasteiger partial charge in [0.15, 0.2) is 0 Å². The van der Waals surface area contributed by atoms with Gasteiger partial charge < -0.3 is 10.1 Å². The van der Waals surface area contributed by atoms with Crippen molar-refractivity contribution in [2.24, 2.45) is 11.3 Å². The van der Waals surface area contributed by atoms with Crippen LogP contribution in [-0.4, -0.2) is 25.8 Å². The smallest absolute Gasteiger partial charge is 0.0823 e. The third-order valence-corrected chi connectivity index (χ3v) is 3.53. The SMILES string of the molecule is C1NCC1OCC1CC12CC2. The van der Waals surface area contributed by atoms with E-state index in [1.165, 1.54) is 19.3 Å². The molecule has 3 aliphatic rings. The molecule has 1 aliphatic heterocycles. The number of hydrogen-bond donors (Lipinski definition) is 1. The Labute approximate surface area is 67.3 Å². The first-order chi connectivity index (χ1) is 5.39. The lowest BCUT2D eigenvalue weighted by Gasteiger charge is -2.27. The predicted molar refractivity (Wildman–Crippen MR) is 42.4 cm³/mol. The van der Waals surface area contributed by atoms with Crippen LogP contribution >= 0.6 is 0 Å². The highest BCUT2D eigenvalue weighted by molar-refractivity contribution is 5.12. The fraction of sp³-hybridized carbons (Fsp3) is 1.00. The summed E-state index contributed by atoms with van der Waals surface area (Å²) in [5, 5.41) is 3.22. The van der Waals surface area contributed by atoms with Crippen LogP contribution in [-0.2, 0) is 4.74 Å². The normalized spacial score (nSPS) is 38.7. The molecule has 0 aromatic rings. The zero-order valence-electron chi connectivity index (χ0n) is 6.81. The van der Waals surface area contributed by atoms with Crippen molar-refractivity contribution in [2.45, 2.75) is 25.4 Å². The second-order valence-corrected chi connectivity index (χ2v) is 4.38. The van der Waals surface area contributed by atoms with E-state index in [1.807, 2.05) is 0 Å². The van der Waals surface area contributed by atoms with Gasteiger partial charge in [0, 0.05) is 13.1 Å². The summed E-state index contributed by atoms with van der Waals surface area (Å²) >= 11 is 0. The minimum Gasteiger partial charge on any atom is -0.375 e. The first kappa shape index (κ1) is 6.44. The molecular weight excluding hydrogens is 138 g/mol. The standard InChI is InChI=1S/C9H15NO/c1-2-9(1)3-7(9)6-11-8-4-10-5-8/h7-8,10H,1-6H2. The van der Waals surface area contributed by atoms with Crippen molar-refractivity contribution < 1.29 is 4.74 Å². The highest BCUT2D eigenvalue weighted by Gasteiger charge is 2.62. The van der Waals surface area contributed by atoms with Crippen LogP contribution < -0.4 is 5.32 Å². The summed E-state index contributed by atoms with van der Waals surface area (Å²) in [6.45, 7) is 3.21. The molecule has 0 aromatic heterocycles. The molecule has 1 heterocycles. The van der Waals surface area contributed by atoms with Gasteiger partial charge in [0.2, 0.25) is 0 Å². The average Bonchev–Trinajstić information content (AvgIpc) is 2.74. The molecule has 1 N–H and O–H groups in total. The van der Waals surface area contributed by atoms with E-state index < -0.39 is 0 Å². The molecule has 1 saturated heterocycles. The molecule has 1 unspecified atom stereocenters. The lowest BCUT2D eigenvalue weighted by molar-refractivity contribution is 0.0106. The molecule has 0 radical (unpaired) electrons. The van der Waals surface area contributed by atoms with Gasteiger partial charge in [-0.3, -0.25) is 0 Å². The van der Waals surface area contributed by atoms with Gasteiger partial charge in [0.25, 0.3) is 0 Å². The molecule has 0 bridgehead atoms. The maximum atomic E-state index is 5.71. The Kier molecular flexibility index (Phi) is 1.16. The van der Waals surface area contributed by atoms with Crippen LogP contribution in [0.1, 0.15) is 19.3 Å². The van der Waals surface area contributed by atoms with E-state index in [0.717, 1.165) is 31.0 Å². The lowest BCUT2D eigenvalue weighted by atomic mass is 10.2. The fourth-order valence-corrected chi connectivity index (χ4v) is 2.07. The molecule has 0 aromatic carbocycles. The third kappa shape index (κ3) is 1.00. The van der Waals surface area contributed by atoms with Crippen molar-refractivity contribution in [3.8, 4) is 0 Å². The summed E-state index contributed by atoms with van der Waals surface area (Å²) in [4.78, 5) is 0. The molecule has 2 saturated carbocycles. The van der Waals surface area contributed by atoms with Crippen LogP contribution in [0, 0.1) is 11.3 Å². The van der Waals surface area contributed by atoms with Crippen LogP contribution in [0.2, 0.25) is 0 Å². The number of hydrogen-bond acceptors (Lipinski definition) is 2. The minimum absolute atomic E-state index is 0.548. The quantitative estimate of drug-likeness (QED) is 0.646. The topological polar surface area (TPSA) is 21.3 Å². The van der Waals surface area contributed by atoms with E-state index in [9.17, 15) is 0 Å². The Balaban J connectivity index is 1.40. The van der Waals surface area contributed by atoms with Gasteiger partial charge in [0.1, 0.15) is 0 Å². The van der Waals surface area contributed by atoms with E-state index >= 15 is 0 Å². The molecule has 1 atom stereocenters. The van der Waals surface area contributed by atoms with Crippen LogP contribution in [0.5, 0.6) is 0 Å². The summed E-state index contributed by atoms with van der Waals surface area (Å²) in [6, 6.07) is 0. The second kappa shape index (κ2) is 1.99. The summed E-state index contributed by atoms with van der Waals surface area (Å²) < 4.78 is 5.71. The van der Waals surface area contributed by atoms with E-state index in [1.54, 1.807) is 0 Å². The number of ether oxygens (including phenoxy) is 1. The van der Waals surface area contributed by atoms with Crippen molar-refractivity contribution in [1.29, 1.82) is 0 Å². The van der Waals surface area contributed by atoms with E-state index in [4.69, 9.17) is 4.74 Å². The first-order valence-corrected chi connectivity index (χ1v) is 4.71. The molecule has 1 spiro atoms. The molecule has 62 valence electrons. The first-order valence-electron chi connectivity index (χ1n) is 4.71. The van der Waals surface area contributed by atoms with Crippen LogP contribution in [0.4, 0.5) is 0 Å². The number of rotatable bonds is 3. The van der Waals surface area contributed by atoms with Crippen molar-refractivity contribution in [2.75, 3.05) is 19.7 Å². The molecule has 2 aliphatic carbocycles. The highest BCUT2D eigenvalue weighted by atomic mass is 16.5. The van der Waals surface area contributed by atoms with Gasteiger partial charge in [0.05, 0.1) is 12.7 Å². The lowest BCUT2D eigenvalue weighted by Crippen LogP contribution is -2.48. The van der Waals surface area contributed by atoms with Gasteiger partial charge in [-0.15, -0.1) is 0 Å². The molecule has 2 heteroatoms. The molecule has 3 fully saturated rings. The molecule has 0 amide bonds. The average molecular weight is 153 g/mol. The Hall–Kier alpha value is -0.0800. The van der Waals surface area contributed by atoms with Crippen molar-refractivity contribution in [3.63, 3.8) is 0 Å². The Bertz CT molecular complexity index is 172. The summed E-state index contributed by atoms with van der Waals surface area (Å²) in [5.74, 6) is 0.947. The minimum atomic E-state index is 0.548. The highest BCUT2D eigenvalue weighted by Crippen LogP contribution is 2.70. The monoisotopic (exact) mass is 153 g/mol. The van der Waals surface area contributed by atoms with E-state index in [0.29, 0.717) is 6.10 Å². The maximum Gasteiger partial charge on any atom is 0.0823 e. The van der Waals surface area contributed by atoms with E-state index in [-0.39, 0.29) is 0 Å². The maximum absolute atomic E-state index is 5.71. The summed E-state index contributed by atoms with van der Waals surface area (Å²) in [6.07, 6.45) is 4.99. The van der Waals surface area contributed by atoms with Crippen molar-refractivity contribution >= 4 is 0 Å². The molecule has 2 nitrogen and oxygen atoms in total. The van der Waals surface area contributed by atoms with Crippen LogP contribution in [0.25, 0.3) is 0 Å². The Morgan fingerprint density at radius 3 is 2.64 bits per heavy atom. The van der Waals surface area contributed by atoms with Gasteiger partial charge in [-0.05, 0) is 30.6 Å². The Morgan fingerprint density at radius 2 is 2.18 bits per heavy atom. The van der Waals surface area contributed by atoms with Gasteiger partial charge in [-0.25, -0.2) is 0 Å². The van der Waals surface area contributed by atoms with Crippen molar-refractivity contribution in [1.82, 2.24) is 5.32 Å². The van der Waals surface area contributed by atoms with Gasteiger partial charge >= 0.3 is 0 Å². The van der Waals surface area contributed by atoms with Gasteiger partial charge in [-0.2, -0.15) is 0 Å². The third-order valence-electron chi connectivity index (χ3n) is 3.53. The van der Waals surface area contributed by atoms with Crippen LogP contribution in [0.15, 0.2) is 0 Å². The van der Waals surface area contributed by atoms with Crippen LogP contribution in [0.3, 0.4) is 0 Å². The van der Waals surface area contributed by atoms with Crippen molar-refractivity contribution in [3.05, 3.63) is 0 Å². The van der Waals surface area contributed by atoms with Gasteiger partial charge in [-0.1, -0.05) is 0 Å². The summed E-state index contributed by atoms with van der Waals surface area (Å²) in [5.41, 5.74) is 0.831. The predicted octanol–water partition coefficient (Wildman–Crippen LogP) is 0.775. The number of nitrogens with one attached hydrogen (secondary N) is 1. The van der Waals surface area contributed by atoms with E-state index in [2.05, 4.69) is 5.32 Å². The zero-order chi connectivity index (χ0) is 7.31. The fourth-order valence-electron chi connectivity index (χ4n) is 2.07. The second-order valence-electron chi connectivity index (χ2n) is 4.38. The molecule has 11 heavy (non-hydrogen) atoms. The zero-order valence-corrected chi connectivity index (χ0v) is 6.81. The largest absolute Gasteiger partial charge is 0.375 e. The molecule has 3 rings (SSSR count). The molecular formula is C9H15NO. The Morgan fingerprint density at radius 1 is 1.36 bits per heavy atom. The summed E-state index contributed by atoms with van der Waals surface area (Å²) in [7, 11) is 0.